The minimum absolute atomic E-state index is 0.0798. The Balaban J connectivity index is 2.12. The van der Waals surface area contributed by atoms with Gasteiger partial charge >= 0.3 is 0 Å². The molecule has 19 heavy (non-hydrogen) atoms. The zero-order valence-electron chi connectivity index (χ0n) is 9.61. The van der Waals surface area contributed by atoms with Crippen LogP contribution in [-0.4, -0.2) is 23.6 Å². The van der Waals surface area contributed by atoms with Crippen molar-refractivity contribution in [3.8, 4) is 0 Å². The second kappa shape index (κ2) is 5.70. The lowest BCUT2D eigenvalue weighted by Gasteiger charge is -2.03. The maximum Gasteiger partial charge on any atom is 0.250 e. The van der Waals surface area contributed by atoms with Crippen LogP contribution in [0.5, 0.6) is 0 Å². The molecule has 0 fully saturated rings. The van der Waals surface area contributed by atoms with Gasteiger partial charge in [0.05, 0.1) is 17.1 Å². The molecular formula is C10H10N4O2S3. The summed E-state index contributed by atoms with van der Waals surface area (Å²) >= 11 is 5.82. The van der Waals surface area contributed by atoms with E-state index < -0.39 is 10.0 Å². The van der Waals surface area contributed by atoms with Crippen molar-refractivity contribution in [3.63, 3.8) is 0 Å². The van der Waals surface area contributed by atoms with Crippen LogP contribution in [0.1, 0.15) is 10.6 Å². The van der Waals surface area contributed by atoms with E-state index in [2.05, 4.69) is 14.9 Å². The summed E-state index contributed by atoms with van der Waals surface area (Å²) in [5.41, 5.74) is 5.98. The van der Waals surface area contributed by atoms with Gasteiger partial charge in [-0.1, -0.05) is 12.2 Å². The number of nitrogens with one attached hydrogen (secondary N) is 1. The van der Waals surface area contributed by atoms with Crippen LogP contribution < -0.4 is 10.5 Å². The van der Waals surface area contributed by atoms with Crippen molar-refractivity contribution in [1.82, 2.24) is 14.9 Å². The zero-order valence-corrected chi connectivity index (χ0v) is 12.1. The van der Waals surface area contributed by atoms with E-state index in [0.29, 0.717) is 10.6 Å². The normalized spacial score (nSPS) is 11.4. The number of nitrogens with two attached hydrogens (primary N) is 1. The Hall–Kier alpha value is -1.42. The lowest BCUT2D eigenvalue weighted by atomic mass is 10.4. The Morgan fingerprint density at radius 2 is 2.21 bits per heavy atom. The lowest BCUT2D eigenvalue weighted by Crippen LogP contribution is -2.23. The Labute approximate surface area is 119 Å². The Morgan fingerprint density at radius 3 is 2.79 bits per heavy atom. The summed E-state index contributed by atoms with van der Waals surface area (Å²) in [6.07, 6.45) is 1.52. The van der Waals surface area contributed by atoms with Crippen LogP contribution in [0.4, 0.5) is 0 Å². The number of rotatable bonds is 5. The highest BCUT2D eigenvalue weighted by molar-refractivity contribution is 7.91. The van der Waals surface area contributed by atoms with Crippen molar-refractivity contribution in [2.24, 2.45) is 5.73 Å². The van der Waals surface area contributed by atoms with Crippen molar-refractivity contribution >= 4 is 38.6 Å². The molecule has 0 saturated heterocycles. The molecule has 2 aromatic heterocycles. The average Bonchev–Trinajstić information content (AvgIpc) is 2.88. The maximum absolute atomic E-state index is 12.0. The first-order valence-corrected chi connectivity index (χ1v) is 7.86. The van der Waals surface area contributed by atoms with Gasteiger partial charge < -0.3 is 5.73 Å². The second-order valence-corrected chi connectivity index (χ2v) is 7.04. The van der Waals surface area contributed by atoms with Gasteiger partial charge in [0.15, 0.2) is 0 Å². The molecule has 100 valence electrons. The van der Waals surface area contributed by atoms with Crippen LogP contribution in [0.2, 0.25) is 0 Å². The molecule has 0 bridgehead atoms. The Kier molecular flexibility index (Phi) is 4.20. The molecule has 0 amide bonds. The number of sulfonamides is 1. The third kappa shape index (κ3) is 3.53. The molecule has 2 aromatic rings. The van der Waals surface area contributed by atoms with Gasteiger partial charge in [0, 0.05) is 6.20 Å². The molecule has 0 spiro atoms. The van der Waals surface area contributed by atoms with E-state index in [1.165, 1.54) is 12.3 Å². The summed E-state index contributed by atoms with van der Waals surface area (Å²) in [5.74, 6) is 0. The summed E-state index contributed by atoms with van der Waals surface area (Å²) in [6, 6.07) is 6.43. The lowest BCUT2D eigenvalue weighted by molar-refractivity contribution is 0.582. The molecule has 0 radical (unpaired) electrons. The van der Waals surface area contributed by atoms with E-state index in [1.807, 2.05) is 0 Å². The van der Waals surface area contributed by atoms with Gasteiger partial charge in [-0.2, -0.15) is 10.2 Å². The van der Waals surface area contributed by atoms with E-state index in [9.17, 15) is 8.42 Å². The molecule has 0 atom stereocenters. The van der Waals surface area contributed by atoms with Gasteiger partial charge in [-0.05, 0) is 24.3 Å². The molecule has 2 rings (SSSR count). The van der Waals surface area contributed by atoms with Crippen molar-refractivity contribution in [3.05, 3.63) is 41.0 Å². The number of thiophene rings is 1. The summed E-state index contributed by atoms with van der Waals surface area (Å²) in [6.45, 7) is 0.0798. The van der Waals surface area contributed by atoms with Crippen LogP contribution in [-0.2, 0) is 16.6 Å². The van der Waals surface area contributed by atoms with Gasteiger partial charge in [0.1, 0.15) is 9.20 Å². The average molecular weight is 314 g/mol. The van der Waals surface area contributed by atoms with Crippen molar-refractivity contribution < 1.29 is 8.42 Å². The smallest absolute Gasteiger partial charge is 0.250 e. The van der Waals surface area contributed by atoms with Crippen LogP contribution in [0.3, 0.4) is 0 Å². The fourth-order valence-electron chi connectivity index (χ4n) is 1.26. The Morgan fingerprint density at radius 1 is 1.42 bits per heavy atom. The first-order valence-electron chi connectivity index (χ1n) is 5.15. The predicted octanol–water partition coefficient (Wildman–Crippen LogP) is 0.651. The molecule has 0 aliphatic heterocycles. The number of hydrogen-bond acceptors (Lipinski definition) is 6. The number of hydrogen-bond donors (Lipinski definition) is 2. The molecule has 0 unspecified atom stereocenters. The summed E-state index contributed by atoms with van der Waals surface area (Å²) < 4.78 is 26.6. The van der Waals surface area contributed by atoms with Crippen LogP contribution in [0.25, 0.3) is 0 Å². The highest BCUT2D eigenvalue weighted by Crippen LogP contribution is 2.21. The summed E-state index contributed by atoms with van der Waals surface area (Å²) in [4.78, 5) is 0.746. The molecule has 0 saturated carbocycles. The monoisotopic (exact) mass is 314 g/mol. The standard InChI is InChI=1S/C10H10N4O2S3/c11-10(17)8-3-4-9(18-8)19(15,16)13-6-7-2-1-5-12-14-7/h1-5,13H,6H2,(H2,11,17). The molecule has 0 aliphatic carbocycles. The first-order chi connectivity index (χ1) is 8.99. The van der Waals surface area contributed by atoms with Crippen LogP contribution in [0, 0.1) is 0 Å². The molecule has 9 heteroatoms. The SMILES string of the molecule is NC(=S)c1ccc(S(=O)(=O)NCc2cccnn2)s1. The van der Waals surface area contributed by atoms with E-state index >= 15 is 0 Å². The number of nitrogens with zero attached hydrogens (tertiary/aromatic N) is 2. The van der Waals surface area contributed by atoms with E-state index in [-0.39, 0.29) is 15.7 Å². The maximum atomic E-state index is 12.0. The van der Waals surface area contributed by atoms with Gasteiger partial charge in [-0.3, -0.25) is 0 Å². The topological polar surface area (TPSA) is 98.0 Å². The molecule has 0 aromatic carbocycles. The van der Waals surface area contributed by atoms with Crippen molar-refractivity contribution in [2.75, 3.05) is 0 Å². The minimum Gasteiger partial charge on any atom is -0.389 e. The van der Waals surface area contributed by atoms with Crippen LogP contribution >= 0.6 is 23.6 Å². The highest BCUT2D eigenvalue weighted by atomic mass is 32.2. The summed E-state index contributed by atoms with van der Waals surface area (Å²) in [7, 11) is -3.59. The van der Waals surface area contributed by atoms with Gasteiger partial charge in [-0.15, -0.1) is 11.3 Å². The molecule has 2 heterocycles. The van der Waals surface area contributed by atoms with Crippen LogP contribution in [0.15, 0.2) is 34.7 Å². The van der Waals surface area contributed by atoms with E-state index in [4.69, 9.17) is 18.0 Å². The largest absolute Gasteiger partial charge is 0.389 e. The minimum atomic E-state index is -3.59. The quantitative estimate of drug-likeness (QED) is 0.786. The fourth-order valence-corrected chi connectivity index (χ4v) is 3.66. The second-order valence-electron chi connectivity index (χ2n) is 3.52. The highest BCUT2D eigenvalue weighted by Gasteiger charge is 2.17. The van der Waals surface area contributed by atoms with Crippen molar-refractivity contribution in [1.29, 1.82) is 0 Å². The van der Waals surface area contributed by atoms with Gasteiger partial charge in [0.2, 0.25) is 10.0 Å². The molecule has 3 N–H and O–H groups in total. The van der Waals surface area contributed by atoms with E-state index in [1.54, 1.807) is 18.2 Å². The van der Waals surface area contributed by atoms with Gasteiger partial charge in [-0.25, -0.2) is 13.1 Å². The first kappa shape index (κ1) is 14.0. The van der Waals surface area contributed by atoms with Gasteiger partial charge in [0.25, 0.3) is 0 Å². The van der Waals surface area contributed by atoms with E-state index in [0.717, 1.165) is 11.3 Å². The predicted molar refractivity (Wildman–Crippen MR) is 76.3 cm³/mol. The zero-order chi connectivity index (χ0) is 13.9. The number of thiocarbonyl (C=S) groups is 1. The molecule has 6 nitrogen and oxygen atoms in total. The third-order valence-corrected chi connectivity index (χ3v) is 5.52. The van der Waals surface area contributed by atoms with Crippen molar-refractivity contribution in [2.45, 2.75) is 10.8 Å². The molecule has 0 aliphatic rings. The third-order valence-electron chi connectivity index (χ3n) is 2.16. The molecular weight excluding hydrogens is 304 g/mol. The summed E-state index contributed by atoms with van der Waals surface area (Å²) in [5, 5.41) is 7.46. The fraction of sp³-hybridized carbons (Fsp3) is 0.100. The number of aromatic nitrogens is 2. The Bertz CT molecular complexity index is 682.